The van der Waals surface area contributed by atoms with Gasteiger partial charge in [0.15, 0.2) is 6.61 Å². The highest BCUT2D eigenvalue weighted by Gasteiger charge is 2.17. The summed E-state index contributed by atoms with van der Waals surface area (Å²) in [5, 5.41) is 17.0. The third kappa shape index (κ3) is 4.92. The van der Waals surface area contributed by atoms with Crippen molar-refractivity contribution < 1.29 is 23.6 Å². The van der Waals surface area contributed by atoms with E-state index in [0.717, 1.165) is 0 Å². The number of para-hydroxylation sites is 1. The molecule has 12 heteroatoms. The smallest absolute Gasteiger partial charge is 0.340 e. The van der Waals surface area contributed by atoms with Gasteiger partial charge in [-0.2, -0.15) is 4.98 Å². The Hall–Kier alpha value is -4.61. The molecule has 4 rings (SSSR count). The molecule has 0 aliphatic carbocycles. The summed E-state index contributed by atoms with van der Waals surface area (Å²) >= 11 is 0. The number of aromatic nitrogens is 6. The van der Waals surface area contributed by atoms with Crippen LogP contribution in [0.2, 0.25) is 0 Å². The molecule has 0 spiro atoms. The van der Waals surface area contributed by atoms with Gasteiger partial charge in [-0.15, -0.1) is 5.10 Å². The number of benzene rings is 2. The minimum absolute atomic E-state index is 0.104. The van der Waals surface area contributed by atoms with E-state index in [2.05, 4.69) is 31.0 Å². The van der Waals surface area contributed by atoms with Crippen LogP contribution in [-0.4, -0.2) is 49.3 Å². The maximum absolute atomic E-state index is 12.6. The number of nitrogens with zero attached hydrogens (tertiary/aromatic N) is 6. The van der Waals surface area contributed by atoms with Gasteiger partial charge in [0.2, 0.25) is 11.7 Å². The first kappa shape index (κ1) is 20.7. The molecule has 32 heavy (non-hydrogen) atoms. The van der Waals surface area contributed by atoms with Crippen LogP contribution in [0.25, 0.3) is 11.5 Å². The van der Waals surface area contributed by atoms with Gasteiger partial charge in [-0.05, 0) is 46.8 Å². The normalized spacial score (nSPS) is 10.5. The fourth-order valence-corrected chi connectivity index (χ4v) is 2.73. The van der Waals surface area contributed by atoms with E-state index in [4.69, 9.17) is 14.0 Å². The number of carbonyl (C=O) groups is 2. The zero-order valence-electron chi connectivity index (χ0n) is 16.8. The number of rotatable bonds is 8. The van der Waals surface area contributed by atoms with E-state index in [1.165, 1.54) is 17.1 Å². The molecule has 4 aromatic rings. The lowest BCUT2D eigenvalue weighted by Crippen LogP contribution is -2.21. The number of nitrogens with one attached hydrogen (secondary N) is 1. The Bertz CT molecular complexity index is 1210. The molecule has 2 aromatic carbocycles. The average Bonchev–Trinajstić information content (AvgIpc) is 3.50. The molecule has 0 radical (unpaired) electrons. The summed E-state index contributed by atoms with van der Waals surface area (Å²) in [6.07, 6.45) is 1.31. The summed E-state index contributed by atoms with van der Waals surface area (Å²) in [6, 6.07) is 13.5. The Morgan fingerprint density at radius 2 is 1.94 bits per heavy atom. The van der Waals surface area contributed by atoms with Crippen molar-refractivity contribution in [1.29, 1.82) is 0 Å². The fourth-order valence-electron chi connectivity index (χ4n) is 2.73. The number of esters is 1. The van der Waals surface area contributed by atoms with Crippen molar-refractivity contribution in [1.82, 2.24) is 30.3 Å². The van der Waals surface area contributed by atoms with E-state index in [0.29, 0.717) is 17.0 Å². The van der Waals surface area contributed by atoms with Gasteiger partial charge in [-0.25, -0.2) is 9.48 Å². The second-order valence-electron chi connectivity index (χ2n) is 6.42. The van der Waals surface area contributed by atoms with Crippen LogP contribution < -0.4 is 10.1 Å². The molecule has 2 heterocycles. The highest BCUT2D eigenvalue weighted by Crippen LogP contribution is 2.21. The number of hydrogen-bond acceptors (Lipinski definition) is 10. The van der Waals surface area contributed by atoms with Crippen molar-refractivity contribution in [2.75, 3.05) is 12.4 Å². The third-order valence-corrected chi connectivity index (χ3v) is 4.26. The summed E-state index contributed by atoms with van der Waals surface area (Å²) in [6.45, 7) is -0.307. The van der Waals surface area contributed by atoms with Crippen molar-refractivity contribution in [2.24, 2.45) is 0 Å². The Labute approximate surface area is 181 Å². The number of ether oxygens (including phenoxy) is 2. The van der Waals surface area contributed by atoms with Gasteiger partial charge in [0, 0.05) is 5.56 Å². The quantitative estimate of drug-likeness (QED) is 0.406. The van der Waals surface area contributed by atoms with Crippen molar-refractivity contribution in [3.8, 4) is 17.2 Å². The largest absolute Gasteiger partial charge is 0.497 e. The van der Waals surface area contributed by atoms with Gasteiger partial charge in [0.1, 0.15) is 18.6 Å². The van der Waals surface area contributed by atoms with Crippen LogP contribution in [0.1, 0.15) is 16.2 Å². The first-order valence-electron chi connectivity index (χ1n) is 9.36. The molecule has 0 aliphatic heterocycles. The third-order valence-electron chi connectivity index (χ3n) is 4.26. The predicted molar refractivity (Wildman–Crippen MR) is 108 cm³/mol. The van der Waals surface area contributed by atoms with E-state index in [1.807, 2.05) is 0 Å². The van der Waals surface area contributed by atoms with Gasteiger partial charge in [-0.1, -0.05) is 17.3 Å². The second kappa shape index (κ2) is 9.47. The predicted octanol–water partition coefficient (Wildman–Crippen LogP) is 1.73. The van der Waals surface area contributed by atoms with Crippen LogP contribution in [0.3, 0.4) is 0 Å². The van der Waals surface area contributed by atoms with E-state index in [9.17, 15) is 9.59 Å². The molecule has 0 atom stereocenters. The first-order valence-corrected chi connectivity index (χ1v) is 9.36. The number of anilines is 1. The maximum atomic E-state index is 12.6. The van der Waals surface area contributed by atoms with Crippen molar-refractivity contribution in [3.05, 3.63) is 66.2 Å². The topological polar surface area (TPSA) is 147 Å². The average molecular weight is 435 g/mol. The Kier molecular flexibility index (Phi) is 6.11. The highest BCUT2D eigenvalue weighted by molar-refractivity contribution is 6.01. The number of tetrazole rings is 1. The monoisotopic (exact) mass is 435 g/mol. The Balaban J connectivity index is 1.38. The first-order chi connectivity index (χ1) is 15.6. The lowest BCUT2D eigenvalue weighted by Gasteiger charge is -2.10. The second-order valence-corrected chi connectivity index (χ2v) is 6.42. The van der Waals surface area contributed by atoms with Gasteiger partial charge < -0.3 is 19.3 Å². The molecule has 12 nitrogen and oxygen atoms in total. The highest BCUT2D eigenvalue weighted by atomic mass is 16.5. The Morgan fingerprint density at radius 3 is 2.69 bits per heavy atom. The molecule has 162 valence electrons. The molecular formula is C20H17N7O5. The molecule has 1 N–H and O–H groups in total. The van der Waals surface area contributed by atoms with Crippen LogP contribution in [0, 0.1) is 0 Å². The molecule has 0 saturated carbocycles. The lowest BCUT2D eigenvalue weighted by molar-refractivity contribution is -0.116. The number of hydrogen-bond donors (Lipinski definition) is 1. The fraction of sp³-hybridized carbons (Fsp3) is 0.150. The Morgan fingerprint density at radius 1 is 1.12 bits per heavy atom. The van der Waals surface area contributed by atoms with E-state index in [-0.39, 0.29) is 30.4 Å². The summed E-state index contributed by atoms with van der Waals surface area (Å²) in [5.41, 5.74) is 1.17. The SMILES string of the molecule is COc1ccc(-c2nc(COC(=O)c3ccccc3NC(=O)Cn3cnnn3)no2)cc1. The minimum atomic E-state index is -0.654. The minimum Gasteiger partial charge on any atom is -0.497 e. The molecule has 1 amide bonds. The summed E-state index contributed by atoms with van der Waals surface area (Å²) in [4.78, 5) is 29.0. The molecule has 0 aliphatic rings. The lowest BCUT2D eigenvalue weighted by atomic mass is 10.2. The van der Waals surface area contributed by atoms with Crippen molar-refractivity contribution >= 4 is 17.6 Å². The number of carbonyl (C=O) groups excluding carboxylic acids is 2. The summed E-state index contributed by atoms with van der Waals surface area (Å²) in [7, 11) is 1.58. The van der Waals surface area contributed by atoms with Gasteiger partial charge in [-0.3, -0.25) is 4.79 Å². The van der Waals surface area contributed by atoms with Crippen LogP contribution >= 0.6 is 0 Å². The van der Waals surface area contributed by atoms with Crippen LogP contribution in [0.5, 0.6) is 5.75 Å². The molecular weight excluding hydrogens is 418 g/mol. The molecule has 0 saturated heterocycles. The van der Waals surface area contributed by atoms with E-state index in [1.54, 1.807) is 49.6 Å². The van der Waals surface area contributed by atoms with Crippen LogP contribution in [0.15, 0.2) is 59.4 Å². The molecule has 2 aromatic heterocycles. The molecule has 0 bridgehead atoms. The van der Waals surface area contributed by atoms with Gasteiger partial charge >= 0.3 is 5.97 Å². The number of methoxy groups -OCH3 is 1. The molecule has 0 fully saturated rings. The molecule has 0 unspecified atom stereocenters. The standard InChI is InChI=1S/C20H17N7O5/c1-30-14-8-6-13(7-9-14)19-23-17(24-32-19)11-31-20(29)15-4-2-3-5-16(15)22-18(28)10-27-12-21-25-26-27/h2-9,12H,10-11H2,1H3,(H,22,28). The summed E-state index contributed by atoms with van der Waals surface area (Å²) < 4.78 is 16.9. The van der Waals surface area contributed by atoms with Crippen LogP contribution in [-0.2, 0) is 22.7 Å². The van der Waals surface area contributed by atoms with Gasteiger partial charge in [0.05, 0.1) is 18.4 Å². The van der Waals surface area contributed by atoms with Crippen molar-refractivity contribution in [2.45, 2.75) is 13.2 Å². The summed E-state index contributed by atoms with van der Waals surface area (Å²) in [5.74, 6) is 0.128. The zero-order valence-corrected chi connectivity index (χ0v) is 16.8. The van der Waals surface area contributed by atoms with Crippen LogP contribution in [0.4, 0.5) is 5.69 Å². The van der Waals surface area contributed by atoms with Gasteiger partial charge in [0.25, 0.3) is 5.89 Å². The van der Waals surface area contributed by atoms with E-state index >= 15 is 0 Å². The zero-order chi connectivity index (χ0) is 22.3. The maximum Gasteiger partial charge on any atom is 0.340 e. The van der Waals surface area contributed by atoms with E-state index < -0.39 is 11.9 Å². The van der Waals surface area contributed by atoms with Crippen molar-refractivity contribution in [3.63, 3.8) is 0 Å². The number of amides is 1.